The van der Waals surface area contributed by atoms with Crippen LogP contribution in [0.25, 0.3) is 0 Å². The maximum absolute atomic E-state index is 4.42. The number of imidazole rings is 1. The van der Waals surface area contributed by atoms with Gasteiger partial charge in [-0.2, -0.15) is 0 Å². The summed E-state index contributed by atoms with van der Waals surface area (Å²) in [7, 11) is 0. The number of nitrogens with one attached hydrogen (secondary N) is 2. The van der Waals surface area contributed by atoms with Crippen LogP contribution in [0.1, 0.15) is 23.0 Å². The smallest absolute Gasteiger partial charge is 0.0925 e. The highest BCUT2D eigenvalue weighted by atomic mass is 35.5. The SMILES string of the molecule is Cl.Cl.c1ccc(CC2NCCc3[nH]cnc32)cc1. The van der Waals surface area contributed by atoms with Gasteiger partial charge in [0, 0.05) is 18.7 Å². The fourth-order valence-corrected chi connectivity index (χ4v) is 2.32. The number of aromatic nitrogens is 2. The van der Waals surface area contributed by atoms with Crippen LogP contribution >= 0.6 is 24.8 Å². The van der Waals surface area contributed by atoms with Crippen molar-refractivity contribution in [2.45, 2.75) is 18.9 Å². The van der Waals surface area contributed by atoms with Crippen molar-refractivity contribution in [2.75, 3.05) is 6.54 Å². The molecule has 1 unspecified atom stereocenters. The maximum atomic E-state index is 4.42. The van der Waals surface area contributed by atoms with Crippen LogP contribution in [0.2, 0.25) is 0 Å². The minimum Gasteiger partial charge on any atom is -0.348 e. The zero-order valence-corrected chi connectivity index (χ0v) is 11.6. The third kappa shape index (κ3) is 3.05. The molecule has 0 amide bonds. The Balaban J connectivity index is 0.000000810. The second-order valence-corrected chi connectivity index (χ2v) is 4.21. The second-order valence-electron chi connectivity index (χ2n) is 4.21. The lowest BCUT2D eigenvalue weighted by Crippen LogP contribution is -2.31. The first-order valence-corrected chi connectivity index (χ1v) is 5.73. The predicted octanol–water partition coefficient (Wildman–Crippen LogP) is 2.68. The molecule has 98 valence electrons. The first-order chi connectivity index (χ1) is 7.93. The van der Waals surface area contributed by atoms with Crippen LogP contribution in [0.5, 0.6) is 0 Å². The molecule has 0 spiro atoms. The van der Waals surface area contributed by atoms with Gasteiger partial charge in [0.2, 0.25) is 0 Å². The van der Waals surface area contributed by atoms with Crippen LogP contribution < -0.4 is 5.32 Å². The molecule has 0 fully saturated rings. The molecule has 0 saturated heterocycles. The van der Waals surface area contributed by atoms with Crippen LogP contribution in [0.3, 0.4) is 0 Å². The number of hydrogen-bond donors (Lipinski definition) is 2. The zero-order valence-electron chi connectivity index (χ0n) is 9.93. The highest BCUT2D eigenvalue weighted by molar-refractivity contribution is 5.85. The first kappa shape index (κ1) is 15.0. The number of nitrogens with zero attached hydrogens (tertiary/aromatic N) is 1. The number of rotatable bonds is 2. The number of halogens is 2. The molecule has 0 saturated carbocycles. The summed E-state index contributed by atoms with van der Waals surface area (Å²) >= 11 is 0. The lowest BCUT2D eigenvalue weighted by molar-refractivity contribution is 0.490. The normalized spacial score (nSPS) is 17.2. The van der Waals surface area contributed by atoms with E-state index in [0.29, 0.717) is 6.04 Å². The van der Waals surface area contributed by atoms with E-state index in [4.69, 9.17) is 0 Å². The van der Waals surface area contributed by atoms with Crippen molar-refractivity contribution in [1.82, 2.24) is 15.3 Å². The van der Waals surface area contributed by atoms with E-state index in [-0.39, 0.29) is 24.8 Å². The van der Waals surface area contributed by atoms with Crippen molar-refractivity contribution in [1.29, 1.82) is 0 Å². The Morgan fingerprint density at radius 3 is 2.72 bits per heavy atom. The molecule has 0 aliphatic carbocycles. The quantitative estimate of drug-likeness (QED) is 0.891. The second kappa shape index (κ2) is 6.78. The van der Waals surface area contributed by atoms with Gasteiger partial charge in [0.05, 0.1) is 18.1 Å². The van der Waals surface area contributed by atoms with Crippen molar-refractivity contribution in [3.05, 3.63) is 53.6 Å². The molecule has 1 aromatic carbocycles. The van der Waals surface area contributed by atoms with Crippen LogP contribution in [0.4, 0.5) is 0 Å². The Morgan fingerprint density at radius 2 is 1.94 bits per heavy atom. The predicted molar refractivity (Wildman–Crippen MR) is 77.7 cm³/mol. The van der Waals surface area contributed by atoms with Crippen molar-refractivity contribution in [2.24, 2.45) is 0 Å². The summed E-state index contributed by atoms with van der Waals surface area (Å²) in [4.78, 5) is 7.64. The van der Waals surface area contributed by atoms with Crippen LogP contribution in [-0.4, -0.2) is 16.5 Å². The van der Waals surface area contributed by atoms with E-state index in [0.717, 1.165) is 19.4 Å². The summed E-state index contributed by atoms with van der Waals surface area (Å²) in [5.41, 5.74) is 3.84. The van der Waals surface area contributed by atoms with Gasteiger partial charge < -0.3 is 10.3 Å². The molecule has 2 heterocycles. The summed E-state index contributed by atoms with van der Waals surface area (Å²) in [5, 5.41) is 3.53. The van der Waals surface area contributed by atoms with Crippen LogP contribution in [0.15, 0.2) is 36.7 Å². The number of benzene rings is 1. The molecular weight excluding hydrogens is 269 g/mol. The van der Waals surface area contributed by atoms with Crippen molar-refractivity contribution in [3.8, 4) is 0 Å². The summed E-state index contributed by atoms with van der Waals surface area (Å²) in [5.74, 6) is 0. The van der Waals surface area contributed by atoms with E-state index in [9.17, 15) is 0 Å². The average molecular weight is 286 g/mol. The van der Waals surface area contributed by atoms with Gasteiger partial charge in [-0.25, -0.2) is 4.98 Å². The Labute approximate surface area is 119 Å². The van der Waals surface area contributed by atoms with Crippen LogP contribution in [-0.2, 0) is 12.8 Å². The Hall–Kier alpha value is -1.03. The molecule has 2 aromatic rings. The van der Waals surface area contributed by atoms with Crippen molar-refractivity contribution in [3.63, 3.8) is 0 Å². The van der Waals surface area contributed by atoms with E-state index < -0.39 is 0 Å². The highest BCUT2D eigenvalue weighted by Gasteiger charge is 2.21. The molecule has 0 radical (unpaired) electrons. The van der Waals surface area contributed by atoms with E-state index in [1.54, 1.807) is 6.33 Å². The summed E-state index contributed by atoms with van der Waals surface area (Å²) in [6, 6.07) is 10.9. The first-order valence-electron chi connectivity index (χ1n) is 5.73. The molecule has 0 bridgehead atoms. The molecular formula is C13H17Cl2N3. The molecule has 1 aliphatic heterocycles. The van der Waals surface area contributed by atoms with Gasteiger partial charge in [0.1, 0.15) is 0 Å². The molecule has 2 N–H and O–H groups in total. The monoisotopic (exact) mass is 285 g/mol. The van der Waals surface area contributed by atoms with E-state index in [1.165, 1.54) is 17.0 Å². The van der Waals surface area contributed by atoms with Gasteiger partial charge in [0.15, 0.2) is 0 Å². The minimum atomic E-state index is 0. The molecule has 5 heteroatoms. The number of fused-ring (bicyclic) bond motifs is 1. The lowest BCUT2D eigenvalue weighted by Gasteiger charge is -2.22. The van der Waals surface area contributed by atoms with Gasteiger partial charge in [-0.3, -0.25) is 0 Å². The lowest BCUT2D eigenvalue weighted by atomic mass is 9.98. The zero-order chi connectivity index (χ0) is 10.8. The number of H-pyrrole nitrogens is 1. The molecule has 1 aromatic heterocycles. The Morgan fingerprint density at radius 1 is 1.17 bits per heavy atom. The van der Waals surface area contributed by atoms with Crippen molar-refractivity contribution < 1.29 is 0 Å². The highest BCUT2D eigenvalue weighted by Crippen LogP contribution is 2.22. The molecule has 1 aliphatic rings. The van der Waals surface area contributed by atoms with Gasteiger partial charge in [-0.15, -0.1) is 24.8 Å². The molecule has 3 nitrogen and oxygen atoms in total. The molecule has 18 heavy (non-hydrogen) atoms. The summed E-state index contributed by atoms with van der Waals surface area (Å²) in [6.45, 7) is 1.03. The summed E-state index contributed by atoms with van der Waals surface area (Å²) < 4.78 is 0. The number of hydrogen-bond acceptors (Lipinski definition) is 2. The Kier molecular flexibility index (Phi) is 5.66. The van der Waals surface area contributed by atoms with E-state index >= 15 is 0 Å². The third-order valence-corrected chi connectivity index (χ3v) is 3.13. The van der Waals surface area contributed by atoms with Crippen molar-refractivity contribution >= 4 is 24.8 Å². The topological polar surface area (TPSA) is 40.7 Å². The van der Waals surface area contributed by atoms with Gasteiger partial charge in [-0.1, -0.05) is 30.3 Å². The van der Waals surface area contributed by atoms with E-state index in [1.807, 2.05) is 0 Å². The van der Waals surface area contributed by atoms with Gasteiger partial charge in [0.25, 0.3) is 0 Å². The van der Waals surface area contributed by atoms with E-state index in [2.05, 4.69) is 45.6 Å². The maximum Gasteiger partial charge on any atom is 0.0925 e. The minimum absolute atomic E-state index is 0. The standard InChI is InChI=1S/C13H15N3.2ClH/c1-2-4-10(5-3-1)8-12-13-11(6-7-14-12)15-9-16-13;;/h1-5,9,12,14H,6-8H2,(H,15,16);2*1H. The largest absolute Gasteiger partial charge is 0.348 e. The summed E-state index contributed by atoms with van der Waals surface area (Å²) in [6.07, 6.45) is 3.87. The number of aromatic amines is 1. The molecule has 1 atom stereocenters. The van der Waals surface area contributed by atoms with Gasteiger partial charge in [-0.05, 0) is 12.0 Å². The fourth-order valence-electron chi connectivity index (χ4n) is 2.32. The fraction of sp³-hybridized carbons (Fsp3) is 0.308. The Bertz CT molecular complexity index is 470. The average Bonchev–Trinajstić information content (AvgIpc) is 2.80. The van der Waals surface area contributed by atoms with Gasteiger partial charge >= 0.3 is 0 Å². The third-order valence-electron chi connectivity index (χ3n) is 3.13. The molecule has 3 rings (SSSR count). The van der Waals surface area contributed by atoms with Crippen LogP contribution in [0, 0.1) is 0 Å².